The first-order valence-electron chi connectivity index (χ1n) is 8.00. The maximum absolute atomic E-state index is 12.4. The number of carboxylic acid groups (broad SMARTS) is 1. The van der Waals surface area contributed by atoms with Gasteiger partial charge in [-0.3, -0.25) is 9.59 Å². The topological polar surface area (TPSA) is 75.6 Å². The molecule has 2 unspecified atom stereocenters. The van der Waals surface area contributed by atoms with Gasteiger partial charge in [0.15, 0.2) is 0 Å². The molecule has 1 aromatic carbocycles. The third-order valence-electron chi connectivity index (χ3n) is 4.05. The Balaban J connectivity index is 3.01. The molecule has 5 heteroatoms. The Kier molecular flexibility index (Phi) is 7.07. The normalized spacial score (nSPS) is 14.6. The van der Waals surface area contributed by atoms with Gasteiger partial charge >= 0.3 is 5.97 Å². The fraction of sp³-hybridized carbons (Fsp3) is 0.556. The highest BCUT2D eigenvalue weighted by molar-refractivity contribution is 5.80. The van der Waals surface area contributed by atoms with Gasteiger partial charge in [-0.25, -0.2) is 0 Å². The van der Waals surface area contributed by atoms with Crippen molar-refractivity contribution in [2.24, 2.45) is 5.92 Å². The Hall–Kier alpha value is -2.04. The van der Waals surface area contributed by atoms with E-state index in [1.54, 1.807) is 32.2 Å². The molecule has 2 N–H and O–H groups in total. The minimum Gasteiger partial charge on any atom is -0.497 e. The largest absolute Gasteiger partial charge is 0.497 e. The number of benzene rings is 1. The lowest BCUT2D eigenvalue weighted by atomic mass is 9.87. The SMILES string of the molecule is CCCCC(C)C(=O)NC(C)(CC(=O)O)c1cccc(OC)c1. The lowest BCUT2D eigenvalue weighted by Crippen LogP contribution is -2.47. The Labute approximate surface area is 138 Å². The fourth-order valence-corrected chi connectivity index (χ4v) is 2.52. The second-order valence-electron chi connectivity index (χ2n) is 6.17. The molecule has 0 radical (unpaired) electrons. The maximum atomic E-state index is 12.4. The molecule has 0 aliphatic heterocycles. The number of hydrogen-bond donors (Lipinski definition) is 2. The van der Waals surface area contributed by atoms with Crippen molar-refractivity contribution in [1.29, 1.82) is 0 Å². The summed E-state index contributed by atoms with van der Waals surface area (Å²) in [5.41, 5.74) is -0.256. The van der Waals surface area contributed by atoms with Crippen molar-refractivity contribution in [2.45, 2.75) is 52.0 Å². The number of carbonyl (C=O) groups is 2. The van der Waals surface area contributed by atoms with Crippen LogP contribution in [0.2, 0.25) is 0 Å². The molecular formula is C18H27NO4. The van der Waals surface area contributed by atoms with E-state index in [4.69, 9.17) is 4.74 Å². The summed E-state index contributed by atoms with van der Waals surface area (Å²) in [5, 5.41) is 12.2. The molecule has 2 atom stereocenters. The number of hydrogen-bond acceptors (Lipinski definition) is 3. The summed E-state index contributed by atoms with van der Waals surface area (Å²) in [6, 6.07) is 7.15. The zero-order valence-corrected chi connectivity index (χ0v) is 14.4. The van der Waals surface area contributed by atoms with Crippen LogP contribution in [0.15, 0.2) is 24.3 Å². The van der Waals surface area contributed by atoms with Gasteiger partial charge in [-0.2, -0.15) is 0 Å². The van der Waals surface area contributed by atoms with Crippen LogP contribution in [0.4, 0.5) is 0 Å². The first-order valence-corrected chi connectivity index (χ1v) is 8.00. The number of amides is 1. The Morgan fingerprint density at radius 2 is 2.09 bits per heavy atom. The van der Waals surface area contributed by atoms with Gasteiger partial charge in [0, 0.05) is 5.92 Å². The summed E-state index contributed by atoms with van der Waals surface area (Å²) in [5.74, 6) is -0.595. The Bertz CT molecular complexity index is 544. The van der Waals surface area contributed by atoms with Crippen molar-refractivity contribution >= 4 is 11.9 Å². The number of methoxy groups -OCH3 is 1. The van der Waals surface area contributed by atoms with Crippen LogP contribution >= 0.6 is 0 Å². The standard InChI is InChI=1S/C18H27NO4/c1-5-6-8-13(2)17(22)19-18(3,12-16(20)21)14-9-7-10-15(11-14)23-4/h7,9-11,13H,5-6,8,12H2,1-4H3,(H,19,22)(H,20,21). The number of unbranched alkanes of at least 4 members (excludes halogenated alkanes) is 1. The zero-order valence-electron chi connectivity index (χ0n) is 14.4. The number of nitrogens with one attached hydrogen (secondary N) is 1. The van der Waals surface area contributed by atoms with Gasteiger partial charge in [0.1, 0.15) is 5.75 Å². The van der Waals surface area contributed by atoms with Gasteiger partial charge in [0.05, 0.1) is 19.1 Å². The quantitative estimate of drug-likeness (QED) is 0.731. The van der Waals surface area contributed by atoms with E-state index in [0.29, 0.717) is 5.75 Å². The molecule has 0 aliphatic carbocycles. The molecule has 0 aromatic heterocycles. The van der Waals surface area contributed by atoms with Crippen LogP contribution in [0, 0.1) is 5.92 Å². The number of carboxylic acids is 1. The average Bonchev–Trinajstić information content (AvgIpc) is 2.51. The molecule has 0 heterocycles. The van der Waals surface area contributed by atoms with Crippen molar-refractivity contribution < 1.29 is 19.4 Å². The zero-order chi connectivity index (χ0) is 17.5. The van der Waals surface area contributed by atoms with Gasteiger partial charge in [-0.05, 0) is 31.0 Å². The van der Waals surface area contributed by atoms with Gasteiger partial charge in [0.2, 0.25) is 5.91 Å². The fourth-order valence-electron chi connectivity index (χ4n) is 2.52. The van der Waals surface area contributed by atoms with Gasteiger partial charge < -0.3 is 15.2 Å². The minimum atomic E-state index is -0.974. The molecule has 5 nitrogen and oxygen atoms in total. The van der Waals surface area contributed by atoms with Crippen LogP contribution in [0.1, 0.15) is 52.0 Å². The number of ether oxygens (including phenoxy) is 1. The molecule has 1 amide bonds. The van der Waals surface area contributed by atoms with Crippen LogP contribution in [-0.2, 0) is 15.1 Å². The number of rotatable bonds is 9. The van der Waals surface area contributed by atoms with Crippen molar-refractivity contribution in [1.82, 2.24) is 5.32 Å². The monoisotopic (exact) mass is 321 g/mol. The van der Waals surface area contributed by atoms with Crippen molar-refractivity contribution in [3.8, 4) is 5.75 Å². The Morgan fingerprint density at radius 3 is 2.65 bits per heavy atom. The van der Waals surface area contributed by atoms with E-state index in [2.05, 4.69) is 12.2 Å². The van der Waals surface area contributed by atoms with Crippen LogP contribution in [0.3, 0.4) is 0 Å². The molecule has 1 rings (SSSR count). The molecule has 1 aromatic rings. The van der Waals surface area contributed by atoms with Crippen LogP contribution in [0.25, 0.3) is 0 Å². The molecule has 23 heavy (non-hydrogen) atoms. The summed E-state index contributed by atoms with van der Waals surface area (Å²) in [6.45, 7) is 5.69. The molecular weight excluding hydrogens is 294 g/mol. The maximum Gasteiger partial charge on any atom is 0.306 e. The molecule has 0 spiro atoms. The highest BCUT2D eigenvalue weighted by Crippen LogP contribution is 2.28. The summed E-state index contributed by atoms with van der Waals surface area (Å²) >= 11 is 0. The molecule has 0 fully saturated rings. The second kappa shape index (κ2) is 8.56. The summed E-state index contributed by atoms with van der Waals surface area (Å²) < 4.78 is 5.20. The molecule has 0 saturated carbocycles. The lowest BCUT2D eigenvalue weighted by molar-refractivity contribution is -0.139. The number of aliphatic carboxylic acids is 1. The van der Waals surface area contributed by atoms with Crippen LogP contribution < -0.4 is 10.1 Å². The van der Waals surface area contributed by atoms with Crippen molar-refractivity contribution in [2.75, 3.05) is 7.11 Å². The second-order valence-corrected chi connectivity index (χ2v) is 6.17. The third-order valence-corrected chi connectivity index (χ3v) is 4.05. The third kappa shape index (κ3) is 5.58. The smallest absolute Gasteiger partial charge is 0.306 e. The summed E-state index contributed by atoms with van der Waals surface area (Å²) in [7, 11) is 1.55. The van der Waals surface area contributed by atoms with Crippen LogP contribution in [0.5, 0.6) is 5.75 Å². The van der Waals surface area contributed by atoms with Crippen molar-refractivity contribution in [3.05, 3.63) is 29.8 Å². The van der Waals surface area contributed by atoms with E-state index in [1.807, 2.05) is 13.0 Å². The Morgan fingerprint density at radius 1 is 1.39 bits per heavy atom. The first kappa shape index (κ1) is 19.0. The predicted molar refractivity (Wildman–Crippen MR) is 89.4 cm³/mol. The van der Waals surface area contributed by atoms with E-state index in [9.17, 15) is 14.7 Å². The summed E-state index contributed by atoms with van der Waals surface area (Å²) in [4.78, 5) is 23.7. The van der Waals surface area contributed by atoms with Gasteiger partial charge in [-0.15, -0.1) is 0 Å². The minimum absolute atomic E-state index is 0.120. The highest BCUT2D eigenvalue weighted by atomic mass is 16.5. The lowest BCUT2D eigenvalue weighted by Gasteiger charge is -2.31. The van der Waals surface area contributed by atoms with Crippen LogP contribution in [-0.4, -0.2) is 24.1 Å². The predicted octanol–water partition coefficient (Wildman–Crippen LogP) is 3.33. The molecule has 128 valence electrons. The molecule has 0 saturated heterocycles. The van der Waals surface area contributed by atoms with E-state index < -0.39 is 11.5 Å². The first-order chi connectivity index (χ1) is 10.8. The van der Waals surface area contributed by atoms with E-state index in [-0.39, 0.29) is 18.2 Å². The van der Waals surface area contributed by atoms with Crippen molar-refractivity contribution in [3.63, 3.8) is 0 Å². The van der Waals surface area contributed by atoms with E-state index in [1.165, 1.54) is 0 Å². The summed E-state index contributed by atoms with van der Waals surface area (Å²) in [6.07, 6.45) is 2.61. The van der Waals surface area contributed by atoms with Gasteiger partial charge in [0.25, 0.3) is 0 Å². The molecule has 0 aliphatic rings. The number of carbonyl (C=O) groups excluding carboxylic acids is 1. The van der Waals surface area contributed by atoms with Gasteiger partial charge in [-0.1, -0.05) is 38.8 Å². The average molecular weight is 321 g/mol. The van der Waals surface area contributed by atoms with E-state index >= 15 is 0 Å². The van der Waals surface area contributed by atoms with E-state index in [0.717, 1.165) is 24.8 Å². The molecule has 0 bridgehead atoms. The highest BCUT2D eigenvalue weighted by Gasteiger charge is 2.33.